The normalized spacial score (nSPS) is 11.6. The number of rotatable bonds is 4. The highest BCUT2D eigenvalue weighted by atomic mass is 15.0. The summed E-state index contributed by atoms with van der Waals surface area (Å²) < 4.78 is 6.93. The van der Waals surface area contributed by atoms with Crippen molar-refractivity contribution in [2.24, 2.45) is 0 Å². The molecule has 0 aliphatic heterocycles. The van der Waals surface area contributed by atoms with Crippen molar-refractivity contribution in [1.82, 2.24) is 13.7 Å². The smallest absolute Gasteiger partial charge is 0.101 e. The second-order valence-corrected chi connectivity index (χ2v) is 14.0. The van der Waals surface area contributed by atoms with Crippen LogP contribution in [-0.2, 0) is 0 Å². The molecule has 0 unspecified atom stereocenters. The maximum atomic E-state index is 10.7. The third-order valence-electron chi connectivity index (χ3n) is 11.1. The number of hydrogen-bond donors (Lipinski definition) is 0. The lowest BCUT2D eigenvalue weighted by Crippen LogP contribution is -2.01. The molecule has 0 bridgehead atoms. The van der Waals surface area contributed by atoms with Crippen LogP contribution >= 0.6 is 0 Å². The van der Waals surface area contributed by atoms with Gasteiger partial charge in [-0.25, -0.2) is 0 Å². The molecule has 11 aromatic rings. The summed E-state index contributed by atoms with van der Waals surface area (Å²) >= 11 is 0. The predicted octanol–water partition coefficient (Wildman–Crippen LogP) is 12.4. The Labute approximate surface area is 316 Å². The second-order valence-electron chi connectivity index (χ2n) is 14.0. The van der Waals surface area contributed by atoms with E-state index in [9.17, 15) is 10.5 Å². The Hall–Kier alpha value is -7.86. The minimum atomic E-state index is 0.590. The van der Waals surface area contributed by atoms with Gasteiger partial charge in [-0.1, -0.05) is 103 Å². The molecular formula is C50H29N5. The van der Waals surface area contributed by atoms with Crippen molar-refractivity contribution >= 4 is 65.4 Å². The number of fused-ring (bicyclic) bond motifs is 9. The van der Waals surface area contributed by atoms with Crippen LogP contribution in [0.15, 0.2) is 176 Å². The summed E-state index contributed by atoms with van der Waals surface area (Å²) in [6.07, 6.45) is 0. The Kier molecular flexibility index (Phi) is 6.61. The summed E-state index contributed by atoms with van der Waals surface area (Å²) in [5.74, 6) is 0. The molecule has 0 spiro atoms. The zero-order chi connectivity index (χ0) is 36.6. The highest BCUT2D eigenvalue weighted by Crippen LogP contribution is 2.42. The molecule has 3 aromatic heterocycles. The van der Waals surface area contributed by atoms with Crippen LogP contribution in [0.1, 0.15) is 11.1 Å². The van der Waals surface area contributed by atoms with Crippen molar-refractivity contribution in [1.29, 1.82) is 10.5 Å². The minimum Gasteiger partial charge on any atom is -0.309 e. The number of aromatic nitrogens is 3. The van der Waals surface area contributed by atoms with Crippen LogP contribution in [-0.4, -0.2) is 13.7 Å². The van der Waals surface area contributed by atoms with Gasteiger partial charge in [0.2, 0.25) is 0 Å². The van der Waals surface area contributed by atoms with Gasteiger partial charge in [-0.15, -0.1) is 0 Å². The summed E-state index contributed by atoms with van der Waals surface area (Å²) in [6, 6.07) is 65.9. The average Bonchev–Trinajstić information content (AvgIpc) is 3.89. The van der Waals surface area contributed by atoms with Gasteiger partial charge in [0, 0.05) is 37.9 Å². The fourth-order valence-corrected chi connectivity index (χ4v) is 8.82. The maximum absolute atomic E-state index is 10.7. The van der Waals surface area contributed by atoms with Crippen molar-refractivity contribution in [2.45, 2.75) is 0 Å². The van der Waals surface area contributed by atoms with Gasteiger partial charge in [-0.05, 0) is 78.4 Å². The van der Waals surface area contributed by atoms with Crippen molar-refractivity contribution in [3.05, 3.63) is 187 Å². The van der Waals surface area contributed by atoms with Crippen LogP contribution in [0.5, 0.6) is 0 Å². The molecule has 11 rings (SSSR count). The molecule has 0 N–H and O–H groups in total. The second kappa shape index (κ2) is 11.8. The van der Waals surface area contributed by atoms with Crippen LogP contribution in [0.4, 0.5) is 0 Å². The van der Waals surface area contributed by atoms with Crippen molar-refractivity contribution < 1.29 is 0 Å². The molecule has 0 aliphatic rings. The van der Waals surface area contributed by atoms with Crippen molar-refractivity contribution in [3.8, 4) is 40.3 Å². The molecular weight excluding hydrogens is 671 g/mol. The largest absolute Gasteiger partial charge is 0.309 e. The molecule has 5 heteroatoms. The molecule has 0 radical (unpaired) electrons. The Morgan fingerprint density at radius 3 is 1.53 bits per heavy atom. The van der Waals surface area contributed by atoms with Gasteiger partial charge in [0.1, 0.15) is 6.07 Å². The van der Waals surface area contributed by atoms with Gasteiger partial charge >= 0.3 is 0 Å². The number of nitriles is 2. The van der Waals surface area contributed by atoms with Crippen molar-refractivity contribution in [2.75, 3.05) is 0 Å². The van der Waals surface area contributed by atoms with Crippen LogP contribution in [0.25, 0.3) is 93.6 Å². The molecule has 55 heavy (non-hydrogen) atoms. The maximum Gasteiger partial charge on any atom is 0.101 e. The van der Waals surface area contributed by atoms with Crippen molar-refractivity contribution in [3.63, 3.8) is 0 Å². The minimum absolute atomic E-state index is 0.590. The van der Waals surface area contributed by atoms with E-state index in [1.54, 1.807) is 0 Å². The monoisotopic (exact) mass is 699 g/mol. The first kappa shape index (κ1) is 30.7. The molecule has 0 fully saturated rings. The first-order chi connectivity index (χ1) is 27.2. The van der Waals surface area contributed by atoms with E-state index in [1.807, 2.05) is 30.3 Å². The summed E-state index contributed by atoms with van der Waals surface area (Å²) in [6.45, 7) is 0. The summed E-state index contributed by atoms with van der Waals surface area (Å²) in [7, 11) is 0. The fraction of sp³-hybridized carbons (Fsp3) is 0. The van der Waals surface area contributed by atoms with E-state index in [0.29, 0.717) is 11.1 Å². The van der Waals surface area contributed by atoms with Gasteiger partial charge in [-0.3, -0.25) is 0 Å². The predicted molar refractivity (Wildman–Crippen MR) is 224 cm³/mol. The Balaban J connectivity index is 1.18. The van der Waals surface area contributed by atoms with Gasteiger partial charge in [0.15, 0.2) is 0 Å². The van der Waals surface area contributed by atoms with E-state index in [1.165, 1.54) is 10.8 Å². The van der Waals surface area contributed by atoms with Gasteiger partial charge in [0.05, 0.1) is 67.4 Å². The number of hydrogen-bond acceptors (Lipinski definition) is 2. The number of nitrogens with zero attached hydrogens (tertiary/aromatic N) is 5. The van der Waals surface area contributed by atoms with Crippen LogP contribution in [0, 0.1) is 22.7 Å². The molecule has 5 nitrogen and oxygen atoms in total. The summed E-state index contributed by atoms with van der Waals surface area (Å²) in [5, 5.41) is 27.2. The third kappa shape index (κ3) is 4.39. The molecule has 0 saturated carbocycles. The molecule has 3 heterocycles. The zero-order valence-electron chi connectivity index (χ0n) is 29.5. The SMILES string of the molecule is N#Cc1ccc2c(c1)c1ccccc1n2-c1ccccc1-c1ccc(C#N)c(-n2c3ccccc3c3c(-n4c5ccccc5c5ccccc54)cccc32)c1. The molecule has 0 saturated heterocycles. The first-order valence-electron chi connectivity index (χ1n) is 18.3. The third-order valence-corrected chi connectivity index (χ3v) is 11.1. The first-order valence-corrected chi connectivity index (χ1v) is 18.3. The van der Waals surface area contributed by atoms with E-state index in [0.717, 1.165) is 82.8 Å². The molecule has 0 atom stereocenters. The molecule has 8 aromatic carbocycles. The van der Waals surface area contributed by atoms with Gasteiger partial charge in [0.25, 0.3) is 0 Å². The molecule has 0 aliphatic carbocycles. The zero-order valence-corrected chi connectivity index (χ0v) is 29.5. The number of benzene rings is 8. The lowest BCUT2D eigenvalue weighted by molar-refractivity contribution is 1.16. The van der Waals surface area contributed by atoms with E-state index in [-0.39, 0.29) is 0 Å². The number of para-hydroxylation sites is 5. The molecule has 254 valence electrons. The van der Waals surface area contributed by atoms with Gasteiger partial charge < -0.3 is 13.7 Å². The fourth-order valence-electron chi connectivity index (χ4n) is 8.82. The topological polar surface area (TPSA) is 62.4 Å². The van der Waals surface area contributed by atoms with E-state index in [2.05, 4.69) is 171 Å². The summed E-state index contributed by atoms with van der Waals surface area (Å²) in [4.78, 5) is 0. The molecule has 0 amide bonds. The van der Waals surface area contributed by atoms with Crippen LogP contribution in [0.2, 0.25) is 0 Å². The summed E-state index contributed by atoms with van der Waals surface area (Å²) in [5.41, 5.74) is 12.6. The average molecular weight is 700 g/mol. The van der Waals surface area contributed by atoms with E-state index < -0.39 is 0 Å². The standard InChI is InChI=1S/C50H29N5/c51-30-32-24-27-46-40(28-32)38-15-4-9-20-44(38)53(46)41-17-6-1-12-35(41)33-25-26-34(31-52)49(29-33)55-45-21-10-5-16-39(45)50-47(22-11-23-48(50)55)54-42-18-7-2-13-36(42)37-14-3-8-19-43(37)54/h1-29H. The van der Waals surface area contributed by atoms with Crippen LogP contribution < -0.4 is 0 Å². The Morgan fingerprint density at radius 2 is 0.855 bits per heavy atom. The quantitative estimate of drug-likeness (QED) is 0.184. The van der Waals surface area contributed by atoms with E-state index in [4.69, 9.17) is 0 Å². The lowest BCUT2D eigenvalue weighted by atomic mass is 10.00. The lowest BCUT2D eigenvalue weighted by Gasteiger charge is -2.16. The Morgan fingerprint density at radius 1 is 0.345 bits per heavy atom. The highest BCUT2D eigenvalue weighted by Gasteiger charge is 2.22. The highest BCUT2D eigenvalue weighted by molar-refractivity contribution is 6.17. The van der Waals surface area contributed by atoms with Crippen LogP contribution in [0.3, 0.4) is 0 Å². The van der Waals surface area contributed by atoms with Gasteiger partial charge in [-0.2, -0.15) is 10.5 Å². The van der Waals surface area contributed by atoms with E-state index >= 15 is 0 Å². The Bertz CT molecular complexity index is 3420.